The van der Waals surface area contributed by atoms with Gasteiger partial charge in [0, 0.05) is 49.0 Å². The Morgan fingerprint density at radius 3 is 2.61 bits per heavy atom. The van der Waals surface area contributed by atoms with Crippen molar-refractivity contribution >= 4 is 23.3 Å². The van der Waals surface area contributed by atoms with Crippen molar-refractivity contribution in [3.05, 3.63) is 41.2 Å². The Labute approximate surface area is 165 Å². The quantitative estimate of drug-likeness (QED) is 0.853. The Kier molecular flexibility index (Phi) is 5.07. The third-order valence-electron chi connectivity index (χ3n) is 5.91. The highest BCUT2D eigenvalue weighted by molar-refractivity contribution is 5.97. The summed E-state index contributed by atoms with van der Waals surface area (Å²) in [7, 11) is 0. The molecule has 0 bridgehead atoms. The van der Waals surface area contributed by atoms with E-state index in [-0.39, 0.29) is 11.9 Å². The third-order valence-corrected chi connectivity index (χ3v) is 5.91. The van der Waals surface area contributed by atoms with Crippen LogP contribution in [-0.2, 0) is 4.79 Å². The van der Waals surface area contributed by atoms with E-state index in [2.05, 4.69) is 22.4 Å². The van der Waals surface area contributed by atoms with E-state index in [1.165, 1.54) is 11.3 Å². The predicted molar refractivity (Wildman–Crippen MR) is 109 cm³/mol. The number of aromatic amines is 1. The minimum absolute atomic E-state index is 0.0761. The van der Waals surface area contributed by atoms with E-state index in [0.717, 1.165) is 55.8 Å². The van der Waals surface area contributed by atoms with E-state index in [1.54, 1.807) is 4.90 Å². The maximum absolute atomic E-state index is 12.8. The summed E-state index contributed by atoms with van der Waals surface area (Å²) < 4.78 is 0. The van der Waals surface area contributed by atoms with Crippen molar-refractivity contribution in [1.29, 1.82) is 0 Å². The summed E-state index contributed by atoms with van der Waals surface area (Å²) in [5.74, 6) is 0.579. The van der Waals surface area contributed by atoms with Crippen LogP contribution in [0.4, 0.5) is 16.2 Å². The zero-order chi connectivity index (χ0) is 19.7. The van der Waals surface area contributed by atoms with Gasteiger partial charge < -0.3 is 15.1 Å². The van der Waals surface area contributed by atoms with Crippen LogP contribution in [-0.4, -0.2) is 46.7 Å². The van der Waals surface area contributed by atoms with Gasteiger partial charge in [-0.2, -0.15) is 5.10 Å². The predicted octanol–water partition coefficient (Wildman–Crippen LogP) is 3.56. The number of benzene rings is 1. The van der Waals surface area contributed by atoms with Gasteiger partial charge >= 0.3 is 6.03 Å². The fourth-order valence-corrected chi connectivity index (χ4v) is 4.17. The molecule has 2 saturated heterocycles. The van der Waals surface area contributed by atoms with Gasteiger partial charge in [0.05, 0.1) is 6.20 Å². The van der Waals surface area contributed by atoms with Crippen LogP contribution < -0.4 is 10.2 Å². The zero-order valence-corrected chi connectivity index (χ0v) is 16.5. The number of carbonyl (C=O) groups excluding carboxylic acids is 2. The van der Waals surface area contributed by atoms with Gasteiger partial charge in [0.15, 0.2) is 0 Å². The van der Waals surface area contributed by atoms with Crippen LogP contribution in [0.1, 0.15) is 48.4 Å². The molecular formula is C21H27N5O2. The number of piperidine rings is 1. The van der Waals surface area contributed by atoms with Crippen molar-refractivity contribution in [1.82, 2.24) is 15.1 Å². The molecule has 0 aliphatic carbocycles. The number of H-pyrrole nitrogens is 1. The first-order valence-electron chi connectivity index (χ1n) is 9.99. The number of hydrogen-bond donors (Lipinski definition) is 2. The SMILES string of the molecule is Cc1ccc(N2CCCC2=O)cc1NC(=O)N1CCC(c2[nH]ncc2C)CC1. The van der Waals surface area contributed by atoms with Crippen molar-refractivity contribution in [2.45, 2.75) is 45.4 Å². The first-order valence-corrected chi connectivity index (χ1v) is 9.99. The molecule has 2 aliphatic heterocycles. The number of aryl methyl sites for hydroxylation is 2. The van der Waals surface area contributed by atoms with Crippen molar-refractivity contribution in [3.8, 4) is 0 Å². The second-order valence-electron chi connectivity index (χ2n) is 7.81. The molecule has 3 heterocycles. The summed E-state index contributed by atoms with van der Waals surface area (Å²) >= 11 is 0. The van der Waals surface area contributed by atoms with E-state index in [1.807, 2.05) is 36.2 Å². The number of likely N-dealkylation sites (tertiary alicyclic amines) is 1. The van der Waals surface area contributed by atoms with E-state index < -0.39 is 0 Å². The number of nitrogens with one attached hydrogen (secondary N) is 2. The molecule has 0 radical (unpaired) electrons. The number of rotatable bonds is 3. The van der Waals surface area contributed by atoms with Crippen LogP contribution >= 0.6 is 0 Å². The van der Waals surface area contributed by atoms with E-state index in [4.69, 9.17) is 0 Å². The van der Waals surface area contributed by atoms with Crippen LogP contribution in [0.2, 0.25) is 0 Å². The average Bonchev–Trinajstić information content (AvgIpc) is 3.32. The second kappa shape index (κ2) is 7.66. The van der Waals surface area contributed by atoms with E-state index in [0.29, 0.717) is 12.3 Å². The maximum Gasteiger partial charge on any atom is 0.321 e. The Bertz CT molecular complexity index is 883. The topological polar surface area (TPSA) is 81.3 Å². The first-order chi connectivity index (χ1) is 13.5. The molecule has 2 fully saturated rings. The Hall–Kier alpha value is -2.83. The highest BCUT2D eigenvalue weighted by Gasteiger charge is 2.26. The van der Waals surface area contributed by atoms with Crippen LogP contribution in [0.5, 0.6) is 0 Å². The number of hydrogen-bond acceptors (Lipinski definition) is 3. The summed E-state index contributed by atoms with van der Waals surface area (Å²) in [4.78, 5) is 28.5. The van der Waals surface area contributed by atoms with E-state index >= 15 is 0 Å². The molecule has 1 aromatic heterocycles. The fourth-order valence-electron chi connectivity index (χ4n) is 4.17. The smallest absolute Gasteiger partial charge is 0.321 e. The maximum atomic E-state index is 12.8. The van der Waals surface area contributed by atoms with Crippen molar-refractivity contribution in [2.24, 2.45) is 0 Å². The lowest BCUT2D eigenvalue weighted by atomic mass is 9.92. The zero-order valence-electron chi connectivity index (χ0n) is 16.5. The lowest BCUT2D eigenvalue weighted by molar-refractivity contribution is -0.117. The molecule has 0 spiro atoms. The van der Waals surface area contributed by atoms with Gasteiger partial charge in [-0.3, -0.25) is 9.89 Å². The van der Waals surface area contributed by atoms with E-state index in [9.17, 15) is 9.59 Å². The first kappa shape index (κ1) is 18.5. The highest BCUT2D eigenvalue weighted by Crippen LogP contribution is 2.30. The molecule has 7 nitrogen and oxygen atoms in total. The van der Waals surface area contributed by atoms with Gasteiger partial charge in [-0.25, -0.2) is 4.79 Å². The Morgan fingerprint density at radius 1 is 1.18 bits per heavy atom. The van der Waals surface area contributed by atoms with Gasteiger partial charge in [-0.05, 0) is 56.4 Å². The summed E-state index contributed by atoms with van der Waals surface area (Å²) in [5, 5.41) is 10.3. The van der Waals surface area contributed by atoms with Crippen LogP contribution in [0.25, 0.3) is 0 Å². The lowest BCUT2D eigenvalue weighted by Gasteiger charge is -2.32. The largest absolute Gasteiger partial charge is 0.324 e. The minimum atomic E-state index is -0.0761. The molecule has 0 saturated carbocycles. The monoisotopic (exact) mass is 381 g/mol. The standard InChI is InChI=1S/C21H27N5O2/c1-14-5-6-17(26-9-3-4-19(26)27)12-18(14)23-21(28)25-10-7-16(8-11-25)20-15(2)13-22-24-20/h5-6,12-13,16H,3-4,7-11H2,1-2H3,(H,22,24)(H,23,28). The minimum Gasteiger partial charge on any atom is -0.324 e. The molecular weight excluding hydrogens is 354 g/mol. The molecule has 2 N–H and O–H groups in total. The molecule has 1 aromatic carbocycles. The van der Waals surface area contributed by atoms with Gasteiger partial charge in [0.2, 0.25) is 5.91 Å². The summed E-state index contributed by atoms with van der Waals surface area (Å²) in [5.41, 5.74) is 5.00. The van der Waals surface area contributed by atoms with Crippen molar-refractivity contribution in [3.63, 3.8) is 0 Å². The number of amides is 3. The molecule has 4 rings (SSSR count). The van der Waals surface area contributed by atoms with Crippen LogP contribution in [0.3, 0.4) is 0 Å². The third kappa shape index (κ3) is 3.61. The lowest BCUT2D eigenvalue weighted by Crippen LogP contribution is -2.40. The Balaban J connectivity index is 1.40. The van der Waals surface area contributed by atoms with Crippen LogP contribution in [0, 0.1) is 13.8 Å². The highest BCUT2D eigenvalue weighted by atomic mass is 16.2. The summed E-state index contributed by atoms with van der Waals surface area (Å²) in [6.45, 7) is 6.23. The average molecular weight is 381 g/mol. The normalized spacial score (nSPS) is 18.0. The number of carbonyl (C=O) groups is 2. The number of anilines is 2. The molecule has 7 heteroatoms. The number of urea groups is 1. The Morgan fingerprint density at radius 2 is 1.96 bits per heavy atom. The second-order valence-corrected chi connectivity index (χ2v) is 7.81. The molecule has 2 aliphatic rings. The van der Waals surface area contributed by atoms with Gasteiger partial charge in [-0.1, -0.05) is 6.07 Å². The van der Waals surface area contributed by atoms with Gasteiger partial charge in [0.25, 0.3) is 0 Å². The fraction of sp³-hybridized carbons (Fsp3) is 0.476. The number of aromatic nitrogens is 2. The van der Waals surface area contributed by atoms with Crippen LogP contribution in [0.15, 0.2) is 24.4 Å². The van der Waals surface area contributed by atoms with Gasteiger partial charge in [0.1, 0.15) is 0 Å². The van der Waals surface area contributed by atoms with Crippen molar-refractivity contribution in [2.75, 3.05) is 29.9 Å². The molecule has 148 valence electrons. The molecule has 3 amide bonds. The van der Waals surface area contributed by atoms with Gasteiger partial charge in [-0.15, -0.1) is 0 Å². The number of nitrogens with zero attached hydrogens (tertiary/aromatic N) is 3. The summed E-state index contributed by atoms with van der Waals surface area (Å²) in [6, 6.07) is 5.75. The molecule has 0 atom stereocenters. The molecule has 28 heavy (non-hydrogen) atoms. The molecule has 2 aromatic rings. The molecule has 0 unspecified atom stereocenters. The van der Waals surface area contributed by atoms with Crippen molar-refractivity contribution < 1.29 is 9.59 Å². The summed E-state index contributed by atoms with van der Waals surface area (Å²) in [6.07, 6.45) is 5.20.